The van der Waals surface area contributed by atoms with Gasteiger partial charge in [-0.15, -0.1) is 0 Å². The fourth-order valence-electron chi connectivity index (χ4n) is 1.58. The number of carbonyl (C=O) groups is 1. The second-order valence-electron chi connectivity index (χ2n) is 5.44. The van der Waals surface area contributed by atoms with E-state index in [0.29, 0.717) is 5.56 Å². The Morgan fingerprint density at radius 2 is 2.11 bits per heavy atom. The molecule has 0 saturated carbocycles. The zero-order chi connectivity index (χ0) is 14.6. The van der Waals surface area contributed by atoms with Crippen molar-refractivity contribution in [2.75, 3.05) is 6.61 Å². The highest BCUT2D eigenvalue weighted by Gasteiger charge is 2.16. The Morgan fingerprint density at radius 1 is 1.47 bits per heavy atom. The van der Waals surface area contributed by atoms with Crippen LogP contribution >= 0.6 is 0 Å². The fourth-order valence-corrected chi connectivity index (χ4v) is 1.58. The summed E-state index contributed by atoms with van der Waals surface area (Å²) in [4.78, 5) is 11.6. The number of carbonyl (C=O) groups excluding carboxylic acids is 1. The maximum absolute atomic E-state index is 13.1. The van der Waals surface area contributed by atoms with E-state index in [1.165, 1.54) is 12.1 Å². The number of rotatable bonds is 4. The van der Waals surface area contributed by atoms with E-state index in [-0.39, 0.29) is 23.8 Å². The molecule has 0 aliphatic carbocycles. The van der Waals surface area contributed by atoms with Crippen LogP contribution in [0.3, 0.4) is 0 Å². The highest BCUT2D eigenvalue weighted by molar-refractivity contribution is 5.78. The van der Waals surface area contributed by atoms with E-state index in [1.807, 2.05) is 20.8 Å². The van der Waals surface area contributed by atoms with Crippen molar-refractivity contribution in [3.8, 4) is 5.75 Å². The topological polar surface area (TPSA) is 58.6 Å². The molecule has 2 N–H and O–H groups in total. The van der Waals surface area contributed by atoms with Gasteiger partial charge in [0.2, 0.25) is 0 Å². The molecule has 4 nitrogen and oxygen atoms in total. The summed E-state index contributed by atoms with van der Waals surface area (Å²) >= 11 is 0. The lowest BCUT2D eigenvalue weighted by Gasteiger charge is -2.21. The molecule has 1 atom stereocenters. The highest BCUT2D eigenvalue weighted by atomic mass is 19.1. The number of amides is 1. The maximum Gasteiger partial charge on any atom is 0.258 e. The highest BCUT2D eigenvalue weighted by Crippen LogP contribution is 2.25. The van der Waals surface area contributed by atoms with Gasteiger partial charge in [0, 0.05) is 17.2 Å². The lowest BCUT2D eigenvalue weighted by Crippen LogP contribution is -2.43. The molecule has 0 heterocycles. The van der Waals surface area contributed by atoms with Crippen LogP contribution in [0.15, 0.2) is 18.2 Å². The smallest absolute Gasteiger partial charge is 0.258 e. The molecule has 1 rings (SSSR count). The predicted octanol–water partition coefficient (Wildman–Crippen LogP) is 2.17. The summed E-state index contributed by atoms with van der Waals surface area (Å²) in [5.74, 6) is -0.594. The van der Waals surface area contributed by atoms with E-state index in [4.69, 9.17) is 4.74 Å². The molecule has 1 amide bonds. The van der Waals surface area contributed by atoms with Crippen LogP contribution in [0, 0.1) is 5.82 Å². The second kappa shape index (κ2) is 6.02. The van der Waals surface area contributed by atoms with E-state index in [9.17, 15) is 14.3 Å². The Morgan fingerprint density at radius 3 is 2.63 bits per heavy atom. The first-order valence-corrected chi connectivity index (χ1v) is 6.10. The first-order chi connectivity index (χ1) is 8.69. The van der Waals surface area contributed by atoms with Gasteiger partial charge in [-0.3, -0.25) is 4.79 Å². The van der Waals surface area contributed by atoms with Gasteiger partial charge in [-0.25, -0.2) is 4.39 Å². The number of nitrogens with one attached hydrogen (secondary N) is 1. The van der Waals surface area contributed by atoms with Crippen LogP contribution in [-0.4, -0.2) is 23.2 Å². The van der Waals surface area contributed by atoms with E-state index in [1.54, 1.807) is 6.92 Å². The third kappa shape index (κ3) is 5.26. The number of aliphatic hydroxyl groups is 1. The number of hydrogen-bond acceptors (Lipinski definition) is 3. The Kier molecular flexibility index (Phi) is 4.89. The minimum atomic E-state index is -0.790. The Hall–Kier alpha value is -1.62. The van der Waals surface area contributed by atoms with Gasteiger partial charge in [-0.2, -0.15) is 0 Å². The second-order valence-corrected chi connectivity index (χ2v) is 5.44. The molecule has 1 aromatic carbocycles. The normalized spacial score (nSPS) is 12.9. The van der Waals surface area contributed by atoms with Crippen molar-refractivity contribution in [2.24, 2.45) is 0 Å². The largest absolute Gasteiger partial charge is 0.483 e. The fraction of sp³-hybridized carbons (Fsp3) is 0.500. The van der Waals surface area contributed by atoms with Gasteiger partial charge in [-0.05, 0) is 39.8 Å². The molecule has 0 radical (unpaired) electrons. The van der Waals surface area contributed by atoms with Crippen molar-refractivity contribution < 1.29 is 19.0 Å². The van der Waals surface area contributed by atoms with Crippen LogP contribution in [0.4, 0.5) is 4.39 Å². The summed E-state index contributed by atoms with van der Waals surface area (Å²) in [6.45, 7) is 6.90. The molecule has 19 heavy (non-hydrogen) atoms. The third-order valence-electron chi connectivity index (χ3n) is 2.30. The minimum Gasteiger partial charge on any atom is -0.483 e. The van der Waals surface area contributed by atoms with Crippen molar-refractivity contribution in [2.45, 2.75) is 39.3 Å². The van der Waals surface area contributed by atoms with Crippen LogP contribution in [0.2, 0.25) is 0 Å². The molecule has 0 bridgehead atoms. The quantitative estimate of drug-likeness (QED) is 0.880. The first-order valence-electron chi connectivity index (χ1n) is 6.10. The number of aliphatic hydroxyl groups excluding tert-OH is 1. The minimum absolute atomic E-state index is 0.180. The number of ether oxygens (including phenoxy) is 1. The van der Waals surface area contributed by atoms with Crippen LogP contribution in [0.25, 0.3) is 0 Å². The summed E-state index contributed by atoms with van der Waals surface area (Å²) in [6, 6.07) is 3.84. The average Bonchev–Trinajstić information content (AvgIpc) is 2.23. The summed E-state index contributed by atoms with van der Waals surface area (Å²) in [6.07, 6.45) is -0.790. The summed E-state index contributed by atoms with van der Waals surface area (Å²) in [5, 5.41) is 12.3. The van der Waals surface area contributed by atoms with Crippen LogP contribution in [0.5, 0.6) is 5.75 Å². The predicted molar refractivity (Wildman–Crippen MR) is 70.4 cm³/mol. The van der Waals surface area contributed by atoms with Gasteiger partial charge < -0.3 is 15.2 Å². The molecule has 0 aromatic heterocycles. The zero-order valence-electron chi connectivity index (χ0n) is 11.7. The summed E-state index contributed by atoms with van der Waals surface area (Å²) < 4.78 is 18.4. The molecule has 5 heteroatoms. The Balaban J connectivity index is 2.72. The standard InChI is InChI=1S/C14H20FNO3/c1-9(17)11-6-5-10(15)7-12(11)19-8-13(18)16-14(2,3)4/h5-7,9,17H,8H2,1-4H3,(H,16,18). The van der Waals surface area contributed by atoms with E-state index in [2.05, 4.69) is 5.32 Å². The molecule has 0 spiro atoms. The van der Waals surface area contributed by atoms with Crippen molar-refractivity contribution in [1.29, 1.82) is 0 Å². The van der Waals surface area contributed by atoms with Gasteiger partial charge in [0.05, 0.1) is 6.10 Å². The van der Waals surface area contributed by atoms with Crippen molar-refractivity contribution in [3.63, 3.8) is 0 Å². The molecule has 0 saturated heterocycles. The van der Waals surface area contributed by atoms with Gasteiger partial charge in [0.1, 0.15) is 11.6 Å². The van der Waals surface area contributed by atoms with E-state index >= 15 is 0 Å². The summed E-state index contributed by atoms with van der Waals surface area (Å²) in [7, 11) is 0. The lowest BCUT2D eigenvalue weighted by molar-refractivity contribution is -0.124. The van der Waals surface area contributed by atoms with Gasteiger partial charge >= 0.3 is 0 Å². The molecule has 0 aliphatic rings. The zero-order valence-corrected chi connectivity index (χ0v) is 11.7. The Bertz CT molecular complexity index is 452. The molecular formula is C14H20FNO3. The lowest BCUT2D eigenvalue weighted by atomic mass is 10.1. The van der Waals surface area contributed by atoms with Gasteiger partial charge in [0.25, 0.3) is 5.91 Å². The Labute approximate surface area is 112 Å². The molecule has 106 valence electrons. The molecule has 1 aromatic rings. The van der Waals surface area contributed by atoms with Crippen LogP contribution in [-0.2, 0) is 4.79 Å². The average molecular weight is 269 g/mol. The van der Waals surface area contributed by atoms with E-state index < -0.39 is 11.9 Å². The number of hydrogen-bond donors (Lipinski definition) is 2. The third-order valence-corrected chi connectivity index (χ3v) is 2.30. The van der Waals surface area contributed by atoms with Gasteiger partial charge in [0.15, 0.2) is 6.61 Å². The van der Waals surface area contributed by atoms with Crippen LogP contribution in [0.1, 0.15) is 39.4 Å². The SMILES string of the molecule is CC(O)c1ccc(F)cc1OCC(=O)NC(C)(C)C. The maximum atomic E-state index is 13.1. The number of halogens is 1. The molecular weight excluding hydrogens is 249 g/mol. The molecule has 0 aliphatic heterocycles. The summed E-state index contributed by atoms with van der Waals surface area (Å²) in [5.41, 5.74) is 0.0973. The first kappa shape index (κ1) is 15.4. The van der Waals surface area contributed by atoms with E-state index in [0.717, 1.165) is 6.07 Å². The van der Waals surface area contributed by atoms with Gasteiger partial charge in [-0.1, -0.05) is 0 Å². The van der Waals surface area contributed by atoms with Crippen molar-refractivity contribution in [1.82, 2.24) is 5.32 Å². The molecule has 1 unspecified atom stereocenters. The monoisotopic (exact) mass is 269 g/mol. The van der Waals surface area contributed by atoms with Crippen molar-refractivity contribution in [3.05, 3.63) is 29.6 Å². The van der Waals surface area contributed by atoms with Crippen molar-refractivity contribution >= 4 is 5.91 Å². The number of benzene rings is 1. The van der Waals surface area contributed by atoms with Crippen LogP contribution < -0.4 is 10.1 Å². The molecule has 0 fully saturated rings.